The van der Waals surface area contributed by atoms with Crippen LogP contribution in [0.2, 0.25) is 0 Å². The minimum Gasteiger partial charge on any atom is -0.449 e. The van der Waals surface area contributed by atoms with Gasteiger partial charge in [-0.2, -0.15) is 4.98 Å². The van der Waals surface area contributed by atoms with E-state index in [9.17, 15) is 4.79 Å². The molecule has 1 saturated heterocycles. The van der Waals surface area contributed by atoms with Crippen molar-refractivity contribution in [2.24, 2.45) is 0 Å². The van der Waals surface area contributed by atoms with E-state index in [1.807, 2.05) is 25.3 Å². The number of piperidine rings is 1. The van der Waals surface area contributed by atoms with Gasteiger partial charge in [0.2, 0.25) is 0 Å². The van der Waals surface area contributed by atoms with Gasteiger partial charge in [0.15, 0.2) is 5.82 Å². The Hall–Kier alpha value is -3.90. The third-order valence-electron chi connectivity index (χ3n) is 7.48. The molecule has 0 bridgehead atoms. The summed E-state index contributed by atoms with van der Waals surface area (Å²) >= 11 is 1.58. The molecule has 0 atom stereocenters. The maximum Gasteiger partial charge on any atom is 0.341 e. The van der Waals surface area contributed by atoms with E-state index in [4.69, 9.17) is 14.2 Å². The second kappa shape index (κ2) is 10.0. The van der Waals surface area contributed by atoms with E-state index in [0.29, 0.717) is 40.9 Å². The van der Waals surface area contributed by atoms with E-state index >= 15 is 0 Å². The molecule has 0 unspecified atom stereocenters. The number of esters is 1. The van der Waals surface area contributed by atoms with E-state index in [2.05, 4.69) is 43.0 Å². The molecular weight excluding hydrogens is 516 g/mol. The van der Waals surface area contributed by atoms with Gasteiger partial charge in [-0.25, -0.2) is 19.7 Å². The zero-order valence-electron chi connectivity index (χ0n) is 22.1. The van der Waals surface area contributed by atoms with Gasteiger partial charge in [0, 0.05) is 29.3 Å². The number of ether oxygens (including phenoxy) is 1. The summed E-state index contributed by atoms with van der Waals surface area (Å²) in [7, 11) is 0. The smallest absolute Gasteiger partial charge is 0.341 e. The Morgan fingerprint density at radius 1 is 1.10 bits per heavy atom. The highest BCUT2D eigenvalue weighted by Gasteiger charge is 2.40. The van der Waals surface area contributed by atoms with Gasteiger partial charge in [0.05, 0.1) is 23.4 Å². The van der Waals surface area contributed by atoms with Crippen molar-refractivity contribution in [3.05, 3.63) is 58.1 Å². The Balaban J connectivity index is 1.31. The van der Waals surface area contributed by atoms with Crippen LogP contribution >= 0.6 is 11.3 Å². The van der Waals surface area contributed by atoms with Crippen molar-refractivity contribution in [1.82, 2.24) is 30.4 Å². The maximum atomic E-state index is 12.1. The number of fused-ring (bicyclic) bond motifs is 1. The van der Waals surface area contributed by atoms with Crippen LogP contribution in [0.15, 0.2) is 40.5 Å². The first-order valence-electron chi connectivity index (χ1n) is 13.1. The first kappa shape index (κ1) is 25.4. The number of thiazole rings is 1. The molecule has 0 aromatic carbocycles. The lowest BCUT2D eigenvalue weighted by Gasteiger charge is -2.33. The number of carbonyl (C=O) groups excluding carboxylic acids is 1. The van der Waals surface area contributed by atoms with Gasteiger partial charge in [-0.15, -0.1) is 11.3 Å². The van der Waals surface area contributed by atoms with E-state index in [1.54, 1.807) is 35.9 Å². The molecule has 202 valence electrons. The minimum atomic E-state index is -0.790. The Bertz CT molecular complexity index is 1490. The van der Waals surface area contributed by atoms with Crippen LogP contribution in [0.1, 0.15) is 66.9 Å². The molecule has 0 spiro atoms. The maximum absolute atomic E-state index is 12.1. The second-order valence-electron chi connectivity index (χ2n) is 10.3. The molecule has 6 rings (SSSR count). The van der Waals surface area contributed by atoms with Gasteiger partial charge < -0.3 is 25.2 Å². The van der Waals surface area contributed by atoms with Gasteiger partial charge in [-0.05, 0) is 58.3 Å². The predicted octanol–water partition coefficient (Wildman–Crippen LogP) is 4.78. The fraction of sp³-hybridized carbons (Fsp3) is 0.407. The quantitative estimate of drug-likeness (QED) is 0.263. The van der Waals surface area contributed by atoms with Gasteiger partial charge in [-0.1, -0.05) is 12.1 Å². The van der Waals surface area contributed by atoms with E-state index in [1.165, 1.54) is 0 Å². The molecule has 1 fully saturated rings. The van der Waals surface area contributed by atoms with E-state index in [0.717, 1.165) is 48.9 Å². The summed E-state index contributed by atoms with van der Waals surface area (Å²) in [6, 6.07) is 5.35. The molecular formula is C27H30N8O3S. The average Bonchev–Trinajstić information content (AvgIpc) is 3.69. The zero-order valence-corrected chi connectivity index (χ0v) is 22.9. The minimum absolute atomic E-state index is 0.0888. The van der Waals surface area contributed by atoms with Crippen LogP contribution in [0.5, 0.6) is 0 Å². The number of hydrogen-bond donors (Lipinski definition) is 3. The number of nitrogens with one attached hydrogen (secondary N) is 3. The Kier molecular flexibility index (Phi) is 6.51. The lowest BCUT2D eigenvalue weighted by Crippen LogP contribution is -2.40. The lowest BCUT2D eigenvalue weighted by atomic mass is 9.76. The number of rotatable bonds is 8. The van der Waals surface area contributed by atoms with Crippen LogP contribution < -0.4 is 16.0 Å². The highest BCUT2D eigenvalue weighted by atomic mass is 32.1. The molecule has 0 aliphatic carbocycles. The lowest BCUT2D eigenvalue weighted by molar-refractivity contribution is 0.00834. The first-order chi connectivity index (χ1) is 18.9. The van der Waals surface area contributed by atoms with Crippen molar-refractivity contribution in [2.75, 3.05) is 23.7 Å². The number of nitrogens with zero attached hydrogens (tertiary/aromatic N) is 5. The zero-order chi connectivity index (χ0) is 27.0. The summed E-state index contributed by atoms with van der Waals surface area (Å²) in [5.41, 5.74) is 1.67. The number of carbonyl (C=O) groups is 1. The van der Waals surface area contributed by atoms with Crippen molar-refractivity contribution >= 4 is 34.6 Å². The molecule has 4 aromatic rings. The van der Waals surface area contributed by atoms with Gasteiger partial charge >= 0.3 is 5.97 Å². The van der Waals surface area contributed by atoms with Crippen LogP contribution in [-0.2, 0) is 22.3 Å². The SMILES string of the molecule is CCC1(c2noc(-c3cnc(Nc4ccc5c(n4)C(C)(C)OC5=O)cc3NCc3nccs3)n2)CCNCC1. The number of pyridine rings is 2. The van der Waals surface area contributed by atoms with Crippen LogP contribution in [0.4, 0.5) is 17.3 Å². The molecule has 3 N–H and O–H groups in total. The fourth-order valence-corrected chi connectivity index (χ4v) is 5.72. The number of anilines is 3. The molecule has 4 aromatic heterocycles. The molecule has 6 heterocycles. The molecule has 0 amide bonds. The highest BCUT2D eigenvalue weighted by Crippen LogP contribution is 2.38. The molecule has 12 heteroatoms. The first-order valence-corrected chi connectivity index (χ1v) is 13.9. The largest absolute Gasteiger partial charge is 0.449 e. The molecule has 0 radical (unpaired) electrons. The van der Waals surface area contributed by atoms with Crippen molar-refractivity contribution in [1.29, 1.82) is 0 Å². The summed E-state index contributed by atoms with van der Waals surface area (Å²) in [6.07, 6.45) is 6.39. The Labute approximate surface area is 229 Å². The summed E-state index contributed by atoms with van der Waals surface area (Å²) in [4.78, 5) is 30.6. The highest BCUT2D eigenvalue weighted by molar-refractivity contribution is 7.09. The second-order valence-corrected chi connectivity index (χ2v) is 11.3. The van der Waals surface area contributed by atoms with Crippen molar-refractivity contribution in [3.63, 3.8) is 0 Å². The predicted molar refractivity (Wildman–Crippen MR) is 147 cm³/mol. The number of hydrogen-bond acceptors (Lipinski definition) is 12. The van der Waals surface area contributed by atoms with Crippen LogP contribution in [0, 0.1) is 0 Å². The average molecular weight is 547 g/mol. The Morgan fingerprint density at radius 3 is 2.72 bits per heavy atom. The molecule has 2 aliphatic heterocycles. The number of aromatic nitrogens is 5. The van der Waals surface area contributed by atoms with Gasteiger partial charge in [0.1, 0.15) is 27.9 Å². The van der Waals surface area contributed by atoms with Crippen molar-refractivity contribution in [2.45, 2.75) is 57.6 Å². The number of cyclic esters (lactones) is 1. The van der Waals surface area contributed by atoms with Crippen molar-refractivity contribution in [3.8, 4) is 11.5 Å². The third-order valence-corrected chi connectivity index (χ3v) is 8.25. The summed E-state index contributed by atoms with van der Waals surface area (Å²) in [5, 5.41) is 17.4. The summed E-state index contributed by atoms with van der Waals surface area (Å²) in [6.45, 7) is 8.24. The standard InChI is InChI=1S/C27H30N8O3S/c1-4-27(7-9-28-10-8-27)25-34-23(38-35-25)17-14-31-20(13-18(17)30-15-21-29-11-12-39-21)32-19-6-5-16-22(33-19)26(2,3)37-24(16)36/h5-6,11-14,28H,4,7-10,15H2,1-3H3,(H2,30,31,32,33). The molecule has 11 nitrogen and oxygen atoms in total. The van der Waals surface area contributed by atoms with Gasteiger partial charge in [0.25, 0.3) is 5.89 Å². The molecule has 0 saturated carbocycles. The fourth-order valence-electron chi connectivity index (χ4n) is 5.16. The normalized spacial score (nSPS) is 17.5. The van der Waals surface area contributed by atoms with Crippen molar-refractivity contribution < 1.29 is 14.1 Å². The Morgan fingerprint density at radius 2 is 1.95 bits per heavy atom. The van der Waals surface area contributed by atoms with E-state index < -0.39 is 5.60 Å². The summed E-state index contributed by atoms with van der Waals surface area (Å²) in [5.74, 6) is 1.93. The third kappa shape index (κ3) is 4.85. The van der Waals surface area contributed by atoms with Gasteiger partial charge in [-0.3, -0.25) is 0 Å². The van der Waals surface area contributed by atoms with Crippen LogP contribution in [0.3, 0.4) is 0 Å². The topological polar surface area (TPSA) is 140 Å². The van der Waals surface area contributed by atoms with Crippen LogP contribution in [0.25, 0.3) is 11.5 Å². The van der Waals surface area contributed by atoms with E-state index in [-0.39, 0.29) is 11.4 Å². The monoisotopic (exact) mass is 546 g/mol. The van der Waals surface area contributed by atoms with Crippen LogP contribution in [-0.4, -0.2) is 44.2 Å². The summed E-state index contributed by atoms with van der Waals surface area (Å²) < 4.78 is 11.2. The molecule has 2 aliphatic rings. The molecule has 39 heavy (non-hydrogen) atoms.